The number of para-hydroxylation sites is 1. The van der Waals surface area contributed by atoms with Crippen molar-refractivity contribution in [1.82, 2.24) is 14.5 Å². The fraction of sp³-hybridized carbons (Fsp3) is 0.400. The monoisotopic (exact) mass is 256 g/mol. The Balaban J connectivity index is 1.75. The van der Waals surface area contributed by atoms with Crippen LogP contribution in [0, 0.1) is 0 Å². The van der Waals surface area contributed by atoms with Crippen LogP contribution in [0.2, 0.25) is 0 Å². The maximum absolute atomic E-state index is 4.44. The smallest absolute Gasteiger partial charge is 0.207 e. The van der Waals surface area contributed by atoms with Crippen LogP contribution in [0.3, 0.4) is 0 Å². The number of imidazole rings is 1. The van der Waals surface area contributed by atoms with Gasteiger partial charge in [-0.25, -0.2) is 4.98 Å². The normalized spacial score (nSPS) is 17.5. The zero-order valence-electron chi connectivity index (χ0n) is 11.3. The third-order valence-electron chi connectivity index (χ3n) is 3.78. The van der Waals surface area contributed by atoms with Crippen LogP contribution < -0.4 is 5.32 Å². The van der Waals surface area contributed by atoms with E-state index in [0.717, 1.165) is 24.7 Å². The molecule has 2 heterocycles. The first-order valence-corrected chi connectivity index (χ1v) is 6.86. The van der Waals surface area contributed by atoms with Crippen molar-refractivity contribution in [2.24, 2.45) is 0 Å². The van der Waals surface area contributed by atoms with Gasteiger partial charge >= 0.3 is 0 Å². The molecule has 100 valence electrons. The average molecular weight is 256 g/mol. The number of benzene rings is 1. The predicted molar refractivity (Wildman–Crippen MR) is 77.7 cm³/mol. The summed E-state index contributed by atoms with van der Waals surface area (Å²) < 4.78 is 2.28. The van der Waals surface area contributed by atoms with Crippen LogP contribution >= 0.6 is 0 Å². The number of rotatable bonds is 3. The van der Waals surface area contributed by atoms with E-state index >= 15 is 0 Å². The minimum atomic E-state index is 0.560. The van der Waals surface area contributed by atoms with Crippen molar-refractivity contribution in [2.75, 3.05) is 25.5 Å². The molecular formula is C15H20N4. The van der Waals surface area contributed by atoms with Crippen LogP contribution in [0.4, 0.5) is 11.6 Å². The summed E-state index contributed by atoms with van der Waals surface area (Å²) in [5, 5.41) is 3.40. The van der Waals surface area contributed by atoms with Gasteiger partial charge in [0.25, 0.3) is 0 Å². The van der Waals surface area contributed by atoms with Crippen molar-refractivity contribution in [3.05, 3.63) is 42.7 Å². The standard InChI is InChI=1S/C15H20N4/c1-18-10-7-14(8-11-18)19-12-9-16-15(19)17-13-5-3-2-4-6-13/h2-6,9,12,14H,7-8,10-11H2,1H3,(H,16,17). The van der Waals surface area contributed by atoms with Gasteiger partial charge in [-0.1, -0.05) is 18.2 Å². The maximum atomic E-state index is 4.44. The summed E-state index contributed by atoms with van der Waals surface area (Å²) in [7, 11) is 2.19. The first kappa shape index (κ1) is 12.2. The molecule has 0 bridgehead atoms. The molecule has 1 N–H and O–H groups in total. The van der Waals surface area contributed by atoms with Gasteiger partial charge in [0.15, 0.2) is 0 Å². The molecule has 3 rings (SSSR count). The number of likely N-dealkylation sites (tertiary alicyclic amines) is 1. The average Bonchev–Trinajstić information content (AvgIpc) is 2.89. The molecule has 1 aromatic carbocycles. The Labute approximate surface area is 114 Å². The van der Waals surface area contributed by atoms with E-state index in [9.17, 15) is 0 Å². The number of aromatic nitrogens is 2. The molecule has 0 unspecified atom stereocenters. The van der Waals surface area contributed by atoms with Crippen LogP contribution in [0.25, 0.3) is 0 Å². The van der Waals surface area contributed by atoms with E-state index in [1.54, 1.807) is 0 Å². The van der Waals surface area contributed by atoms with Gasteiger partial charge in [0, 0.05) is 24.1 Å². The first-order chi connectivity index (χ1) is 9.33. The molecular weight excluding hydrogens is 236 g/mol. The van der Waals surface area contributed by atoms with Crippen LogP contribution in [0.5, 0.6) is 0 Å². The number of nitrogens with one attached hydrogen (secondary N) is 1. The molecule has 0 atom stereocenters. The number of hydrogen-bond acceptors (Lipinski definition) is 3. The minimum absolute atomic E-state index is 0.560. The molecule has 19 heavy (non-hydrogen) atoms. The summed E-state index contributed by atoms with van der Waals surface area (Å²) in [5.41, 5.74) is 1.09. The second-order valence-electron chi connectivity index (χ2n) is 5.18. The summed E-state index contributed by atoms with van der Waals surface area (Å²) in [6.45, 7) is 2.32. The third kappa shape index (κ3) is 2.79. The fourth-order valence-electron chi connectivity index (χ4n) is 2.63. The predicted octanol–water partition coefficient (Wildman–Crippen LogP) is 2.89. The lowest BCUT2D eigenvalue weighted by Gasteiger charge is -2.30. The lowest BCUT2D eigenvalue weighted by atomic mass is 10.1. The second kappa shape index (κ2) is 5.45. The van der Waals surface area contributed by atoms with E-state index in [1.165, 1.54) is 12.8 Å². The lowest BCUT2D eigenvalue weighted by Crippen LogP contribution is -2.31. The molecule has 1 aromatic heterocycles. The summed E-state index contributed by atoms with van der Waals surface area (Å²) in [4.78, 5) is 6.83. The van der Waals surface area contributed by atoms with Crippen molar-refractivity contribution in [3.63, 3.8) is 0 Å². The van der Waals surface area contributed by atoms with E-state index in [1.807, 2.05) is 24.4 Å². The SMILES string of the molecule is CN1CCC(n2ccnc2Nc2ccccc2)CC1. The highest BCUT2D eigenvalue weighted by Gasteiger charge is 2.20. The van der Waals surface area contributed by atoms with Gasteiger partial charge in [-0.15, -0.1) is 0 Å². The van der Waals surface area contributed by atoms with E-state index in [4.69, 9.17) is 0 Å². The maximum Gasteiger partial charge on any atom is 0.207 e. The van der Waals surface area contributed by atoms with Gasteiger partial charge in [0.05, 0.1) is 0 Å². The molecule has 0 aliphatic carbocycles. The lowest BCUT2D eigenvalue weighted by molar-refractivity contribution is 0.222. The topological polar surface area (TPSA) is 33.1 Å². The zero-order valence-corrected chi connectivity index (χ0v) is 11.3. The molecule has 1 saturated heterocycles. The highest BCUT2D eigenvalue weighted by atomic mass is 15.2. The van der Waals surface area contributed by atoms with Crippen molar-refractivity contribution in [2.45, 2.75) is 18.9 Å². The highest BCUT2D eigenvalue weighted by molar-refractivity contribution is 5.53. The quantitative estimate of drug-likeness (QED) is 0.916. The van der Waals surface area contributed by atoms with Crippen molar-refractivity contribution >= 4 is 11.6 Å². The van der Waals surface area contributed by atoms with Crippen molar-refractivity contribution in [1.29, 1.82) is 0 Å². The molecule has 0 saturated carbocycles. The molecule has 1 aliphatic rings. The minimum Gasteiger partial charge on any atom is -0.326 e. The summed E-state index contributed by atoms with van der Waals surface area (Å²) in [6, 6.07) is 10.8. The number of anilines is 2. The Morgan fingerprint density at radius 1 is 1.16 bits per heavy atom. The first-order valence-electron chi connectivity index (χ1n) is 6.86. The van der Waals surface area contributed by atoms with E-state index in [2.05, 4.69) is 45.1 Å². The summed E-state index contributed by atoms with van der Waals surface area (Å²) in [5.74, 6) is 0.945. The molecule has 2 aromatic rings. The Hall–Kier alpha value is -1.81. The van der Waals surface area contributed by atoms with E-state index in [-0.39, 0.29) is 0 Å². The molecule has 0 spiro atoms. The number of nitrogens with zero attached hydrogens (tertiary/aromatic N) is 3. The molecule has 1 fully saturated rings. The Bertz CT molecular complexity index is 512. The van der Waals surface area contributed by atoms with Gasteiger partial charge in [0.1, 0.15) is 0 Å². The van der Waals surface area contributed by atoms with Gasteiger partial charge in [0.2, 0.25) is 5.95 Å². The highest BCUT2D eigenvalue weighted by Crippen LogP contribution is 2.26. The van der Waals surface area contributed by atoms with Gasteiger partial charge in [-0.3, -0.25) is 0 Å². The van der Waals surface area contributed by atoms with E-state index < -0.39 is 0 Å². The summed E-state index contributed by atoms with van der Waals surface area (Å²) >= 11 is 0. The van der Waals surface area contributed by atoms with Gasteiger partial charge in [-0.05, 0) is 45.1 Å². The van der Waals surface area contributed by atoms with E-state index in [0.29, 0.717) is 6.04 Å². The number of hydrogen-bond donors (Lipinski definition) is 1. The third-order valence-corrected chi connectivity index (χ3v) is 3.78. The Morgan fingerprint density at radius 3 is 2.63 bits per heavy atom. The largest absolute Gasteiger partial charge is 0.326 e. The van der Waals surface area contributed by atoms with Gasteiger partial charge in [-0.2, -0.15) is 0 Å². The Kier molecular flexibility index (Phi) is 3.51. The molecule has 1 aliphatic heterocycles. The van der Waals surface area contributed by atoms with Crippen LogP contribution in [0.15, 0.2) is 42.7 Å². The van der Waals surface area contributed by atoms with Crippen LogP contribution in [0.1, 0.15) is 18.9 Å². The summed E-state index contributed by atoms with van der Waals surface area (Å²) in [6.07, 6.45) is 6.34. The Morgan fingerprint density at radius 2 is 1.89 bits per heavy atom. The second-order valence-corrected chi connectivity index (χ2v) is 5.18. The van der Waals surface area contributed by atoms with Gasteiger partial charge < -0.3 is 14.8 Å². The molecule has 0 amide bonds. The zero-order chi connectivity index (χ0) is 13.1. The van der Waals surface area contributed by atoms with Crippen LogP contribution in [-0.4, -0.2) is 34.6 Å². The van der Waals surface area contributed by atoms with Crippen molar-refractivity contribution < 1.29 is 0 Å². The number of piperidine rings is 1. The molecule has 4 heteroatoms. The molecule has 0 radical (unpaired) electrons. The molecule has 4 nitrogen and oxygen atoms in total. The fourth-order valence-corrected chi connectivity index (χ4v) is 2.63. The van der Waals surface area contributed by atoms with Crippen LogP contribution in [-0.2, 0) is 0 Å². The van der Waals surface area contributed by atoms with Crippen molar-refractivity contribution in [3.8, 4) is 0 Å².